The Hall–Kier alpha value is -1.08. The SMILES string of the molecule is Cc1cc(N(CC(N)=O)S(C)(=O)=O)ccc1Br. The second kappa shape index (κ2) is 5.05. The van der Waals surface area contributed by atoms with Crippen LogP contribution in [0.1, 0.15) is 5.56 Å². The van der Waals surface area contributed by atoms with Crippen molar-refractivity contribution in [2.24, 2.45) is 5.73 Å². The minimum Gasteiger partial charge on any atom is -0.368 e. The lowest BCUT2D eigenvalue weighted by atomic mass is 10.2. The molecule has 94 valence electrons. The van der Waals surface area contributed by atoms with Crippen molar-refractivity contribution in [3.05, 3.63) is 28.2 Å². The number of carbonyl (C=O) groups excluding carboxylic acids is 1. The molecule has 0 aliphatic carbocycles. The summed E-state index contributed by atoms with van der Waals surface area (Å²) in [4.78, 5) is 10.9. The van der Waals surface area contributed by atoms with Crippen LogP contribution in [-0.4, -0.2) is 27.1 Å². The van der Waals surface area contributed by atoms with Gasteiger partial charge in [-0.2, -0.15) is 0 Å². The van der Waals surface area contributed by atoms with E-state index in [2.05, 4.69) is 15.9 Å². The minimum absolute atomic E-state index is 0.361. The molecule has 0 radical (unpaired) electrons. The van der Waals surface area contributed by atoms with Gasteiger partial charge in [-0.25, -0.2) is 8.42 Å². The highest BCUT2D eigenvalue weighted by Crippen LogP contribution is 2.24. The zero-order valence-corrected chi connectivity index (χ0v) is 11.9. The number of rotatable bonds is 4. The number of nitrogens with two attached hydrogens (primary N) is 1. The van der Waals surface area contributed by atoms with E-state index in [1.807, 2.05) is 6.92 Å². The Kier molecular flexibility index (Phi) is 4.16. The van der Waals surface area contributed by atoms with Crippen LogP contribution in [0.4, 0.5) is 5.69 Å². The predicted molar refractivity (Wildman–Crippen MR) is 70.3 cm³/mol. The molecule has 2 N–H and O–H groups in total. The Balaban J connectivity index is 3.22. The molecule has 1 aromatic carbocycles. The van der Waals surface area contributed by atoms with E-state index in [-0.39, 0.29) is 6.54 Å². The third-order valence-electron chi connectivity index (χ3n) is 2.13. The average molecular weight is 321 g/mol. The fourth-order valence-electron chi connectivity index (χ4n) is 1.33. The van der Waals surface area contributed by atoms with Crippen molar-refractivity contribution in [3.63, 3.8) is 0 Å². The lowest BCUT2D eigenvalue weighted by Crippen LogP contribution is -2.37. The number of amides is 1. The van der Waals surface area contributed by atoms with Gasteiger partial charge in [0.1, 0.15) is 6.54 Å². The molecule has 0 aromatic heterocycles. The highest BCUT2D eigenvalue weighted by atomic mass is 79.9. The van der Waals surface area contributed by atoms with Gasteiger partial charge in [0, 0.05) is 4.47 Å². The number of primary amides is 1. The molecule has 0 bridgehead atoms. The molecule has 0 aliphatic heterocycles. The van der Waals surface area contributed by atoms with E-state index in [1.54, 1.807) is 18.2 Å². The molecule has 0 atom stereocenters. The first-order chi connectivity index (χ1) is 7.71. The highest BCUT2D eigenvalue weighted by Gasteiger charge is 2.19. The zero-order valence-electron chi connectivity index (χ0n) is 9.47. The first-order valence-electron chi connectivity index (χ1n) is 4.74. The Bertz CT molecular complexity index is 542. The van der Waals surface area contributed by atoms with Crippen molar-refractivity contribution < 1.29 is 13.2 Å². The van der Waals surface area contributed by atoms with Crippen LogP contribution in [0.3, 0.4) is 0 Å². The summed E-state index contributed by atoms with van der Waals surface area (Å²) in [6.07, 6.45) is 1.04. The third kappa shape index (κ3) is 3.71. The minimum atomic E-state index is -3.53. The maximum atomic E-state index is 11.6. The molecule has 0 unspecified atom stereocenters. The van der Waals surface area contributed by atoms with Gasteiger partial charge in [-0.1, -0.05) is 15.9 Å². The first kappa shape index (κ1) is 14.0. The van der Waals surface area contributed by atoms with Gasteiger partial charge in [0.15, 0.2) is 0 Å². The molecule has 0 spiro atoms. The summed E-state index contributed by atoms with van der Waals surface area (Å²) in [5.41, 5.74) is 6.34. The van der Waals surface area contributed by atoms with Crippen LogP contribution in [0.25, 0.3) is 0 Å². The van der Waals surface area contributed by atoms with Crippen molar-refractivity contribution in [1.29, 1.82) is 0 Å². The van der Waals surface area contributed by atoms with E-state index in [4.69, 9.17) is 5.73 Å². The number of anilines is 1. The van der Waals surface area contributed by atoms with E-state index >= 15 is 0 Å². The van der Waals surface area contributed by atoms with Crippen molar-refractivity contribution in [3.8, 4) is 0 Å². The lowest BCUT2D eigenvalue weighted by molar-refractivity contribution is -0.116. The smallest absolute Gasteiger partial charge is 0.238 e. The average Bonchev–Trinajstić information content (AvgIpc) is 2.17. The quantitative estimate of drug-likeness (QED) is 0.899. The normalized spacial score (nSPS) is 11.2. The van der Waals surface area contributed by atoms with Gasteiger partial charge in [-0.15, -0.1) is 0 Å². The molecule has 1 amide bonds. The number of benzene rings is 1. The summed E-state index contributed by atoms with van der Waals surface area (Å²) in [6, 6.07) is 5.01. The van der Waals surface area contributed by atoms with Gasteiger partial charge < -0.3 is 5.73 Å². The molecular weight excluding hydrogens is 308 g/mol. The lowest BCUT2D eigenvalue weighted by Gasteiger charge is -2.21. The van der Waals surface area contributed by atoms with Crippen LogP contribution in [0.2, 0.25) is 0 Å². The third-order valence-corrected chi connectivity index (χ3v) is 4.16. The van der Waals surface area contributed by atoms with Crippen molar-refractivity contribution in [1.82, 2.24) is 0 Å². The van der Waals surface area contributed by atoms with Crippen LogP contribution in [0, 0.1) is 6.92 Å². The Labute approximate surface area is 109 Å². The Morgan fingerprint density at radius 2 is 2.06 bits per heavy atom. The second-order valence-corrected chi connectivity index (χ2v) is 6.43. The van der Waals surface area contributed by atoms with Gasteiger partial charge in [-0.3, -0.25) is 9.10 Å². The van der Waals surface area contributed by atoms with Crippen molar-refractivity contribution >= 4 is 37.5 Å². The van der Waals surface area contributed by atoms with E-state index in [0.717, 1.165) is 20.6 Å². The summed E-state index contributed by atoms with van der Waals surface area (Å²) in [5.74, 6) is -0.698. The van der Waals surface area contributed by atoms with Crippen LogP contribution in [0.15, 0.2) is 22.7 Å². The predicted octanol–water partition coefficient (Wildman–Crippen LogP) is 1.01. The molecule has 5 nitrogen and oxygen atoms in total. The number of aryl methyl sites for hydroxylation is 1. The number of hydrogen-bond donors (Lipinski definition) is 1. The first-order valence-corrected chi connectivity index (χ1v) is 7.38. The second-order valence-electron chi connectivity index (χ2n) is 3.67. The molecular formula is C10H13BrN2O3S. The van der Waals surface area contributed by atoms with Crippen molar-refractivity contribution in [2.75, 3.05) is 17.1 Å². The molecule has 7 heteroatoms. The van der Waals surface area contributed by atoms with Gasteiger partial charge >= 0.3 is 0 Å². The summed E-state index contributed by atoms with van der Waals surface area (Å²) in [5, 5.41) is 0. The van der Waals surface area contributed by atoms with Gasteiger partial charge in [0.05, 0.1) is 11.9 Å². The maximum absolute atomic E-state index is 11.6. The molecule has 0 aliphatic rings. The summed E-state index contributed by atoms with van der Waals surface area (Å²) in [6.45, 7) is 1.47. The molecule has 0 saturated heterocycles. The topological polar surface area (TPSA) is 80.5 Å². The monoisotopic (exact) mass is 320 g/mol. The highest BCUT2D eigenvalue weighted by molar-refractivity contribution is 9.10. The molecule has 0 fully saturated rings. The number of nitrogens with zero attached hydrogens (tertiary/aromatic N) is 1. The number of halogens is 1. The van der Waals surface area contributed by atoms with E-state index in [0.29, 0.717) is 5.69 Å². The molecule has 1 aromatic rings. The number of sulfonamides is 1. The van der Waals surface area contributed by atoms with Gasteiger partial charge in [0.25, 0.3) is 0 Å². The van der Waals surface area contributed by atoms with Crippen LogP contribution >= 0.6 is 15.9 Å². The molecule has 17 heavy (non-hydrogen) atoms. The molecule has 0 heterocycles. The number of carbonyl (C=O) groups is 1. The van der Waals surface area contributed by atoms with Gasteiger partial charge in [0.2, 0.25) is 15.9 Å². The van der Waals surface area contributed by atoms with Crippen LogP contribution in [-0.2, 0) is 14.8 Å². The standard InChI is InChI=1S/C10H13BrN2O3S/c1-7-5-8(3-4-9(7)11)13(6-10(12)14)17(2,15)16/h3-5H,6H2,1-2H3,(H2,12,14). The van der Waals surface area contributed by atoms with E-state index < -0.39 is 15.9 Å². The summed E-state index contributed by atoms with van der Waals surface area (Å²) >= 11 is 3.32. The fraction of sp³-hybridized carbons (Fsp3) is 0.300. The molecule has 1 rings (SSSR count). The summed E-state index contributed by atoms with van der Waals surface area (Å²) < 4.78 is 25.0. The van der Waals surface area contributed by atoms with E-state index in [9.17, 15) is 13.2 Å². The van der Waals surface area contributed by atoms with Gasteiger partial charge in [-0.05, 0) is 30.7 Å². The Morgan fingerprint density at radius 1 is 1.47 bits per heavy atom. The summed E-state index contributed by atoms with van der Waals surface area (Å²) in [7, 11) is -3.53. The van der Waals surface area contributed by atoms with Crippen molar-refractivity contribution in [2.45, 2.75) is 6.92 Å². The fourth-order valence-corrected chi connectivity index (χ4v) is 2.43. The van der Waals surface area contributed by atoms with E-state index in [1.165, 1.54) is 0 Å². The zero-order chi connectivity index (χ0) is 13.2. The van der Waals surface area contributed by atoms with Crippen LogP contribution in [0.5, 0.6) is 0 Å². The largest absolute Gasteiger partial charge is 0.368 e. The number of hydrogen-bond acceptors (Lipinski definition) is 3. The molecule has 0 saturated carbocycles. The van der Waals surface area contributed by atoms with Crippen LogP contribution < -0.4 is 10.0 Å². The maximum Gasteiger partial charge on any atom is 0.238 e. The Morgan fingerprint density at radius 3 is 2.47 bits per heavy atom.